The minimum atomic E-state index is 0.300. The zero-order valence-electron chi connectivity index (χ0n) is 12.2. The highest BCUT2D eigenvalue weighted by Gasteiger charge is 2.42. The molecule has 0 amide bonds. The molecule has 1 aromatic carbocycles. The Kier molecular flexibility index (Phi) is 4.88. The number of hydrogen-bond donors (Lipinski definition) is 1. The Bertz CT molecular complexity index is 394. The smallest absolute Gasteiger partial charge is 0.0406 e. The van der Waals surface area contributed by atoms with Crippen LogP contribution in [0.25, 0.3) is 0 Å². The zero-order valence-corrected chi connectivity index (χ0v) is 13.0. The van der Waals surface area contributed by atoms with E-state index < -0.39 is 0 Å². The average molecular weight is 281 g/mol. The van der Waals surface area contributed by atoms with Gasteiger partial charge in [0.05, 0.1) is 0 Å². The first kappa shape index (κ1) is 14.8. The number of likely N-dealkylation sites (N-methyl/N-ethyl adjacent to an activating group) is 2. The summed E-state index contributed by atoms with van der Waals surface area (Å²) < 4.78 is 0. The quantitative estimate of drug-likeness (QED) is 0.890. The maximum Gasteiger partial charge on any atom is 0.0406 e. The van der Waals surface area contributed by atoms with Gasteiger partial charge < -0.3 is 10.2 Å². The molecule has 0 aliphatic heterocycles. The van der Waals surface area contributed by atoms with Gasteiger partial charge >= 0.3 is 0 Å². The van der Waals surface area contributed by atoms with Gasteiger partial charge in [-0.15, -0.1) is 0 Å². The summed E-state index contributed by atoms with van der Waals surface area (Å²) in [7, 11) is 6.53. The molecule has 1 aromatic rings. The molecule has 19 heavy (non-hydrogen) atoms. The van der Waals surface area contributed by atoms with Crippen molar-refractivity contribution in [1.82, 2.24) is 10.2 Å². The Labute approximate surface area is 122 Å². The first-order valence-electron chi connectivity index (χ1n) is 7.17. The van der Waals surface area contributed by atoms with Crippen LogP contribution in [0.4, 0.5) is 0 Å². The number of benzene rings is 1. The van der Waals surface area contributed by atoms with Crippen LogP contribution in [0.1, 0.15) is 31.2 Å². The van der Waals surface area contributed by atoms with E-state index in [-0.39, 0.29) is 0 Å². The number of halogens is 1. The molecule has 1 atom stereocenters. The molecule has 0 spiro atoms. The molecule has 3 heteroatoms. The van der Waals surface area contributed by atoms with Gasteiger partial charge in [0.2, 0.25) is 0 Å². The first-order chi connectivity index (χ1) is 9.08. The molecule has 106 valence electrons. The van der Waals surface area contributed by atoms with E-state index >= 15 is 0 Å². The van der Waals surface area contributed by atoms with Crippen molar-refractivity contribution in [2.24, 2.45) is 0 Å². The summed E-state index contributed by atoms with van der Waals surface area (Å²) in [5, 5.41) is 4.37. The third-order valence-electron chi connectivity index (χ3n) is 4.71. The Hall–Kier alpha value is -0.570. The molecule has 1 saturated carbocycles. The van der Waals surface area contributed by atoms with Gasteiger partial charge in [0, 0.05) is 16.6 Å². The van der Waals surface area contributed by atoms with Crippen molar-refractivity contribution in [3.63, 3.8) is 0 Å². The summed E-state index contributed by atoms with van der Waals surface area (Å²) >= 11 is 5.96. The van der Waals surface area contributed by atoms with E-state index in [0.717, 1.165) is 11.4 Å². The normalized spacial score (nSPS) is 19.8. The summed E-state index contributed by atoms with van der Waals surface area (Å²) in [4.78, 5) is 2.43. The Morgan fingerprint density at radius 1 is 1.21 bits per heavy atom. The van der Waals surface area contributed by atoms with Gasteiger partial charge in [0.25, 0.3) is 0 Å². The molecular weight excluding hydrogens is 256 g/mol. The summed E-state index contributed by atoms with van der Waals surface area (Å²) in [6.07, 6.45) is 6.33. The van der Waals surface area contributed by atoms with Gasteiger partial charge in [-0.2, -0.15) is 0 Å². The molecule has 2 rings (SSSR count). The third-order valence-corrected chi connectivity index (χ3v) is 4.96. The highest BCUT2D eigenvalue weighted by molar-refractivity contribution is 6.30. The predicted molar refractivity (Wildman–Crippen MR) is 82.9 cm³/mol. The van der Waals surface area contributed by atoms with Crippen LogP contribution in [0.15, 0.2) is 24.3 Å². The van der Waals surface area contributed by atoms with Crippen molar-refractivity contribution >= 4 is 11.6 Å². The SMILES string of the molecule is CNC(Cc1ccc(Cl)cc1)C1(N(C)C)CCCC1. The highest BCUT2D eigenvalue weighted by Crippen LogP contribution is 2.37. The van der Waals surface area contributed by atoms with Gasteiger partial charge in [0.1, 0.15) is 0 Å². The van der Waals surface area contributed by atoms with E-state index in [4.69, 9.17) is 11.6 Å². The molecule has 0 heterocycles. The maximum atomic E-state index is 5.96. The molecule has 1 fully saturated rings. The largest absolute Gasteiger partial charge is 0.315 e. The van der Waals surface area contributed by atoms with Crippen LogP contribution in [-0.2, 0) is 6.42 Å². The molecule has 0 radical (unpaired) electrons. The third kappa shape index (κ3) is 3.13. The number of hydrogen-bond acceptors (Lipinski definition) is 2. The van der Waals surface area contributed by atoms with Gasteiger partial charge in [-0.3, -0.25) is 0 Å². The average Bonchev–Trinajstić information content (AvgIpc) is 2.88. The van der Waals surface area contributed by atoms with E-state index in [1.165, 1.54) is 31.2 Å². The highest BCUT2D eigenvalue weighted by atomic mass is 35.5. The van der Waals surface area contributed by atoms with Crippen molar-refractivity contribution in [2.45, 2.75) is 43.7 Å². The van der Waals surface area contributed by atoms with E-state index in [0.29, 0.717) is 11.6 Å². The Balaban J connectivity index is 2.16. The van der Waals surface area contributed by atoms with E-state index in [1.54, 1.807) is 0 Å². The Morgan fingerprint density at radius 2 is 1.79 bits per heavy atom. The summed E-state index contributed by atoms with van der Waals surface area (Å²) in [6, 6.07) is 8.75. The van der Waals surface area contributed by atoms with Gasteiger partial charge in [-0.1, -0.05) is 36.6 Å². The second-order valence-corrected chi connectivity index (χ2v) is 6.31. The zero-order chi connectivity index (χ0) is 13.9. The topological polar surface area (TPSA) is 15.3 Å². The van der Waals surface area contributed by atoms with Crippen LogP contribution in [0.5, 0.6) is 0 Å². The van der Waals surface area contributed by atoms with E-state index in [2.05, 4.69) is 43.5 Å². The lowest BCUT2D eigenvalue weighted by atomic mass is 9.83. The second kappa shape index (κ2) is 6.25. The lowest BCUT2D eigenvalue weighted by Crippen LogP contribution is -2.57. The van der Waals surface area contributed by atoms with Crippen LogP contribution < -0.4 is 5.32 Å². The number of rotatable bonds is 5. The molecule has 2 nitrogen and oxygen atoms in total. The molecule has 0 bridgehead atoms. The molecule has 1 aliphatic rings. The summed E-state index contributed by atoms with van der Waals surface area (Å²) in [6.45, 7) is 0. The first-order valence-corrected chi connectivity index (χ1v) is 7.55. The number of nitrogens with one attached hydrogen (secondary N) is 1. The minimum Gasteiger partial charge on any atom is -0.315 e. The van der Waals surface area contributed by atoms with Crippen LogP contribution >= 0.6 is 11.6 Å². The fourth-order valence-corrected chi connectivity index (χ4v) is 3.64. The molecular formula is C16H25ClN2. The standard InChI is InChI=1S/C16H25ClN2/c1-18-15(12-13-6-8-14(17)9-7-13)16(19(2)3)10-4-5-11-16/h6-9,15,18H,4-5,10-12H2,1-3H3. The monoisotopic (exact) mass is 280 g/mol. The molecule has 1 N–H and O–H groups in total. The van der Waals surface area contributed by atoms with Gasteiger partial charge in [0.15, 0.2) is 0 Å². The fraction of sp³-hybridized carbons (Fsp3) is 0.625. The lowest BCUT2D eigenvalue weighted by molar-refractivity contribution is 0.108. The van der Waals surface area contributed by atoms with Gasteiger partial charge in [-0.05, 0) is 58.1 Å². The molecule has 0 saturated heterocycles. The van der Waals surface area contributed by atoms with Crippen molar-refractivity contribution in [3.05, 3.63) is 34.9 Å². The predicted octanol–water partition coefficient (Wildman–Crippen LogP) is 3.34. The molecule has 1 aliphatic carbocycles. The van der Waals surface area contributed by atoms with Gasteiger partial charge in [-0.25, -0.2) is 0 Å². The fourth-order valence-electron chi connectivity index (χ4n) is 3.51. The maximum absolute atomic E-state index is 5.96. The second-order valence-electron chi connectivity index (χ2n) is 5.88. The van der Waals surface area contributed by atoms with Crippen molar-refractivity contribution in [1.29, 1.82) is 0 Å². The van der Waals surface area contributed by atoms with Crippen LogP contribution in [0.2, 0.25) is 5.02 Å². The van der Waals surface area contributed by atoms with Crippen molar-refractivity contribution in [3.8, 4) is 0 Å². The minimum absolute atomic E-state index is 0.300. The van der Waals surface area contributed by atoms with Crippen molar-refractivity contribution < 1.29 is 0 Å². The number of nitrogens with zero attached hydrogens (tertiary/aromatic N) is 1. The lowest BCUT2D eigenvalue weighted by Gasteiger charge is -2.43. The van der Waals surface area contributed by atoms with E-state index in [1.807, 2.05) is 12.1 Å². The summed E-state index contributed by atoms with van der Waals surface area (Å²) in [5.41, 5.74) is 1.66. The molecule has 1 unspecified atom stereocenters. The van der Waals surface area contributed by atoms with Crippen LogP contribution in [0.3, 0.4) is 0 Å². The van der Waals surface area contributed by atoms with Crippen molar-refractivity contribution in [2.75, 3.05) is 21.1 Å². The Morgan fingerprint density at radius 3 is 2.26 bits per heavy atom. The van der Waals surface area contributed by atoms with E-state index in [9.17, 15) is 0 Å². The van der Waals surface area contributed by atoms with Crippen LogP contribution in [0, 0.1) is 0 Å². The van der Waals surface area contributed by atoms with Crippen LogP contribution in [-0.4, -0.2) is 37.6 Å². The summed E-state index contributed by atoms with van der Waals surface area (Å²) in [5.74, 6) is 0. The molecule has 0 aromatic heterocycles.